The number of rotatable bonds is 3. The summed E-state index contributed by atoms with van der Waals surface area (Å²) in [6, 6.07) is -0.0536. The number of carbonyl (C=O) groups is 1. The number of likely N-dealkylation sites (tertiary alicyclic amines) is 1. The van der Waals surface area contributed by atoms with E-state index in [-0.39, 0.29) is 12.1 Å². The molecular formula is C12H16N6OS. The van der Waals surface area contributed by atoms with Gasteiger partial charge in [0.05, 0.1) is 12.2 Å². The molecule has 2 aromatic heterocycles. The Hall–Kier alpha value is -1.96. The second-order valence-electron chi connectivity index (χ2n) is 4.61. The molecule has 2 amide bonds. The molecule has 0 bridgehead atoms. The topological polar surface area (TPSA) is 75.9 Å². The van der Waals surface area contributed by atoms with Crippen molar-refractivity contribution in [3.63, 3.8) is 0 Å². The number of hydrogen-bond acceptors (Lipinski definition) is 5. The normalized spacial score (nSPS) is 18.4. The monoisotopic (exact) mass is 292 g/mol. The van der Waals surface area contributed by atoms with Crippen molar-refractivity contribution in [2.45, 2.75) is 32.4 Å². The minimum absolute atomic E-state index is 0.0798. The van der Waals surface area contributed by atoms with Crippen LogP contribution in [-0.2, 0) is 6.54 Å². The molecule has 1 aliphatic heterocycles. The van der Waals surface area contributed by atoms with E-state index < -0.39 is 0 Å². The zero-order valence-corrected chi connectivity index (χ0v) is 12.0. The lowest BCUT2D eigenvalue weighted by Crippen LogP contribution is -2.34. The highest BCUT2D eigenvalue weighted by molar-refractivity contribution is 7.09. The van der Waals surface area contributed by atoms with Crippen LogP contribution < -0.4 is 5.32 Å². The molecule has 3 rings (SSSR count). The van der Waals surface area contributed by atoms with Crippen LogP contribution in [0.1, 0.15) is 30.8 Å². The molecule has 1 unspecified atom stereocenters. The molecule has 1 atom stereocenters. The Kier molecular flexibility index (Phi) is 3.64. The Morgan fingerprint density at radius 1 is 1.60 bits per heavy atom. The van der Waals surface area contributed by atoms with Gasteiger partial charge in [-0.15, -0.1) is 16.4 Å². The standard InChI is InChI=1S/C12H16N6OS/c1-2-17-8-10(15-16-17)14-12(19)18-6-3-4-9(18)11-13-5-7-20-11/h5,7-9H,2-4,6H2,1H3,(H,14,19). The molecule has 1 aliphatic rings. The van der Waals surface area contributed by atoms with Crippen LogP contribution >= 0.6 is 11.3 Å². The molecule has 20 heavy (non-hydrogen) atoms. The van der Waals surface area contributed by atoms with Crippen LogP contribution in [0.15, 0.2) is 17.8 Å². The maximum Gasteiger partial charge on any atom is 0.323 e. The summed E-state index contributed by atoms with van der Waals surface area (Å²) in [5.41, 5.74) is 0. The molecule has 0 aromatic carbocycles. The number of nitrogens with zero attached hydrogens (tertiary/aromatic N) is 5. The molecule has 1 N–H and O–H groups in total. The molecule has 0 saturated carbocycles. The van der Waals surface area contributed by atoms with Gasteiger partial charge in [0, 0.05) is 24.7 Å². The first-order valence-electron chi connectivity index (χ1n) is 6.65. The molecule has 0 radical (unpaired) electrons. The average Bonchev–Trinajstić information content (AvgIpc) is 3.19. The van der Waals surface area contributed by atoms with Gasteiger partial charge in [0.1, 0.15) is 5.01 Å². The molecule has 7 nitrogen and oxygen atoms in total. The fourth-order valence-corrected chi connectivity index (χ4v) is 3.14. The highest BCUT2D eigenvalue weighted by Gasteiger charge is 2.31. The third kappa shape index (κ3) is 2.51. The quantitative estimate of drug-likeness (QED) is 0.940. The van der Waals surface area contributed by atoms with Crippen LogP contribution in [0.25, 0.3) is 0 Å². The molecule has 0 spiro atoms. The van der Waals surface area contributed by atoms with Crippen LogP contribution in [0.4, 0.5) is 10.6 Å². The van der Waals surface area contributed by atoms with Gasteiger partial charge in [-0.2, -0.15) is 0 Å². The first-order chi connectivity index (χ1) is 9.78. The Morgan fingerprint density at radius 3 is 3.20 bits per heavy atom. The second-order valence-corrected chi connectivity index (χ2v) is 5.54. The molecular weight excluding hydrogens is 276 g/mol. The lowest BCUT2D eigenvalue weighted by molar-refractivity contribution is 0.207. The summed E-state index contributed by atoms with van der Waals surface area (Å²) in [6.45, 7) is 3.45. The summed E-state index contributed by atoms with van der Waals surface area (Å²) in [5.74, 6) is 0.488. The minimum Gasteiger partial charge on any atom is -0.315 e. The zero-order valence-electron chi connectivity index (χ0n) is 11.2. The Bertz CT molecular complexity index is 581. The average molecular weight is 292 g/mol. The predicted octanol–water partition coefficient (Wildman–Crippen LogP) is 2.12. The second kappa shape index (κ2) is 5.58. The van der Waals surface area contributed by atoms with E-state index in [1.807, 2.05) is 17.2 Å². The van der Waals surface area contributed by atoms with E-state index in [1.165, 1.54) is 0 Å². The molecule has 0 aliphatic carbocycles. The van der Waals surface area contributed by atoms with Crippen molar-refractivity contribution >= 4 is 23.2 Å². The maximum atomic E-state index is 12.3. The number of nitrogens with one attached hydrogen (secondary N) is 1. The van der Waals surface area contributed by atoms with Gasteiger partial charge in [-0.3, -0.25) is 10.00 Å². The smallest absolute Gasteiger partial charge is 0.315 e. The highest BCUT2D eigenvalue weighted by atomic mass is 32.1. The third-order valence-corrected chi connectivity index (χ3v) is 4.22. The van der Waals surface area contributed by atoms with Crippen molar-refractivity contribution in [1.29, 1.82) is 0 Å². The van der Waals surface area contributed by atoms with Gasteiger partial charge >= 0.3 is 6.03 Å². The van der Waals surface area contributed by atoms with Crippen LogP contribution in [0.2, 0.25) is 0 Å². The van der Waals surface area contributed by atoms with Crippen molar-refractivity contribution in [3.8, 4) is 0 Å². The first kappa shape index (κ1) is 13.0. The molecule has 3 heterocycles. The van der Waals surface area contributed by atoms with E-state index in [1.54, 1.807) is 28.4 Å². The van der Waals surface area contributed by atoms with Crippen molar-refractivity contribution in [1.82, 2.24) is 24.9 Å². The molecule has 1 saturated heterocycles. The van der Waals surface area contributed by atoms with E-state index in [2.05, 4.69) is 20.6 Å². The number of aromatic nitrogens is 4. The predicted molar refractivity (Wildman–Crippen MR) is 75.5 cm³/mol. The maximum absolute atomic E-state index is 12.3. The summed E-state index contributed by atoms with van der Waals surface area (Å²) in [6.07, 6.45) is 5.47. The molecule has 2 aromatic rings. The molecule has 1 fully saturated rings. The van der Waals surface area contributed by atoms with E-state index >= 15 is 0 Å². The fourth-order valence-electron chi connectivity index (χ4n) is 2.36. The van der Waals surface area contributed by atoms with Gasteiger partial charge in [-0.1, -0.05) is 5.21 Å². The number of hydrogen-bond donors (Lipinski definition) is 1. The number of carbonyl (C=O) groups excluding carboxylic acids is 1. The van der Waals surface area contributed by atoms with Crippen molar-refractivity contribution in [2.75, 3.05) is 11.9 Å². The summed E-state index contributed by atoms with van der Waals surface area (Å²) in [7, 11) is 0. The first-order valence-corrected chi connectivity index (χ1v) is 7.53. The van der Waals surface area contributed by atoms with Gasteiger partial charge in [-0.05, 0) is 19.8 Å². The van der Waals surface area contributed by atoms with Gasteiger partial charge in [0.2, 0.25) is 0 Å². The summed E-state index contributed by atoms with van der Waals surface area (Å²) in [4.78, 5) is 18.5. The lowest BCUT2D eigenvalue weighted by Gasteiger charge is -2.22. The number of thiazole rings is 1. The largest absolute Gasteiger partial charge is 0.323 e. The van der Waals surface area contributed by atoms with Crippen LogP contribution in [0.5, 0.6) is 0 Å². The summed E-state index contributed by atoms with van der Waals surface area (Å²) >= 11 is 1.59. The summed E-state index contributed by atoms with van der Waals surface area (Å²) in [5, 5.41) is 13.6. The van der Waals surface area contributed by atoms with Gasteiger partial charge in [0.25, 0.3) is 0 Å². The minimum atomic E-state index is -0.133. The summed E-state index contributed by atoms with van der Waals surface area (Å²) < 4.78 is 1.68. The number of urea groups is 1. The van der Waals surface area contributed by atoms with Gasteiger partial charge in [0.15, 0.2) is 5.82 Å². The van der Waals surface area contributed by atoms with Crippen molar-refractivity contribution < 1.29 is 4.79 Å². The Balaban J connectivity index is 1.70. The third-order valence-electron chi connectivity index (χ3n) is 3.35. The zero-order chi connectivity index (χ0) is 13.9. The SMILES string of the molecule is CCn1cc(NC(=O)N2CCCC2c2nccs2)nn1. The van der Waals surface area contributed by atoms with E-state index in [4.69, 9.17) is 0 Å². The van der Waals surface area contributed by atoms with Crippen LogP contribution in [-0.4, -0.2) is 37.5 Å². The van der Waals surface area contributed by atoms with Crippen molar-refractivity contribution in [2.24, 2.45) is 0 Å². The Morgan fingerprint density at radius 2 is 2.50 bits per heavy atom. The van der Waals surface area contributed by atoms with E-state index in [0.29, 0.717) is 5.82 Å². The number of amides is 2. The van der Waals surface area contributed by atoms with Crippen LogP contribution in [0.3, 0.4) is 0 Å². The van der Waals surface area contributed by atoms with Crippen molar-refractivity contribution in [3.05, 3.63) is 22.8 Å². The Labute approximate surface area is 120 Å². The van der Waals surface area contributed by atoms with Crippen LogP contribution in [0, 0.1) is 0 Å². The fraction of sp³-hybridized carbons (Fsp3) is 0.500. The molecule has 106 valence electrons. The highest BCUT2D eigenvalue weighted by Crippen LogP contribution is 2.33. The number of aryl methyl sites for hydroxylation is 1. The van der Waals surface area contributed by atoms with E-state index in [9.17, 15) is 4.79 Å². The van der Waals surface area contributed by atoms with E-state index in [0.717, 1.165) is 30.9 Å². The van der Waals surface area contributed by atoms with Gasteiger partial charge < -0.3 is 4.90 Å². The van der Waals surface area contributed by atoms with Gasteiger partial charge in [-0.25, -0.2) is 9.78 Å². The number of anilines is 1. The molecule has 8 heteroatoms. The lowest BCUT2D eigenvalue weighted by atomic mass is 10.2.